The molecule has 0 atom stereocenters. The van der Waals surface area contributed by atoms with Gasteiger partial charge in [-0.3, -0.25) is 9.59 Å². The van der Waals surface area contributed by atoms with Crippen molar-refractivity contribution in [2.75, 3.05) is 5.32 Å². The lowest BCUT2D eigenvalue weighted by atomic mass is 10.1. The molecule has 0 saturated carbocycles. The number of halogens is 1. The summed E-state index contributed by atoms with van der Waals surface area (Å²) in [4.78, 5) is 30.0. The van der Waals surface area contributed by atoms with E-state index >= 15 is 0 Å². The van der Waals surface area contributed by atoms with Crippen molar-refractivity contribution in [1.29, 1.82) is 0 Å². The Bertz CT molecular complexity index is 872. The minimum absolute atomic E-state index is 0.249. The van der Waals surface area contributed by atoms with Crippen molar-refractivity contribution in [2.45, 2.75) is 0 Å². The lowest BCUT2D eigenvalue weighted by Crippen LogP contribution is -2.17. The molecule has 0 saturated heterocycles. The normalized spacial score (nSPS) is 10.5. The van der Waals surface area contributed by atoms with E-state index < -0.39 is 11.9 Å². The van der Waals surface area contributed by atoms with Gasteiger partial charge in [0.05, 0.1) is 17.4 Å². The van der Waals surface area contributed by atoms with Gasteiger partial charge < -0.3 is 10.3 Å². The van der Waals surface area contributed by atoms with Gasteiger partial charge in [-0.15, -0.1) is 0 Å². The SMILES string of the molecule is O=C(Nc1ccc(F)nc1)c1cc(=O)[nH]c2ccccc12. The Morgan fingerprint density at radius 3 is 2.76 bits per heavy atom. The van der Waals surface area contributed by atoms with E-state index in [1.807, 2.05) is 0 Å². The highest BCUT2D eigenvalue weighted by Gasteiger charge is 2.12. The average Bonchev–Trinajstić information content (AvgIpc) is 2.48. The van der Waals surface area contributed by atoms with Crippen molar-refractivity contribution in [3.63, 3.8) is 0 Å². The van der Waals surface area contributed by atoms with E-state index in [1.54, 1.807) is 24.3 Å². The molecular formula is C15H10FN3O2. The number of anilines is 1. The van der Waals surface area contributed by atoms with Crippen LogP contribution in [0.15, 0.2) is 53.5 Å². The number of hydrogen-bond donors (Lipinski definition) is 2. The number of fused-ring (bicyclic) bond motifs is 1. The fourth-order valence-electron chi connectivity index (χ4n) is 2.04. The second-order valence-electron chi connectivity index (χ2n) is 4.42. The molecule has 0 radical (unpaired) electrons. The largest absolute Gasteiger partial charge is 0.322 e. The molecule has 0 bridgehead atoms. The maximum atomic E-state index is 12.7. The van der Waals surface area contributed by atoms with E-state index in [0.717, 1.165) is 6.07 Å². The molecule has 0 fully saturated rings. The maximum absolute atomic E-state index is 12.7. The summed E-state index contributed by atoms with van der Waals surface area (Å²) in [6.45, 7) is 0. The van der Waals surface area contributed by atoms with Crippen LogP contribution in [0.2, 0.25) is 0 Å². The Morgan fingerprint density at radius 2 is 2.00 bits per heavy atom. The molecule has 0 aliphatic carbocycles. The van der Waals surface area contributed by atoms with Crippen LogP contribution in [0, 0.1) is 5.95 Å². The smallest absolute Gasteiger partial charge is 0.256 e. The summed E-state index contributed by atoms with van der Waals surface area (Å²) >= 11 is 0. The lowest BCUT2D eigenvalue weighted by molar-refractivity contribution is 0.102. The molecule has 0 aliphatic rings. The van der Waals surface area contributed by atoms with Crippen molar-refractivity contribution in [1.82, 2.24) is 9.97 Å². The van der Waals surface area contributed by atoms with E-state index in [4.69, 9.17) is 0 Å². The number of aromatic amines is 1. The summed E-state index contributed by atoms with van der Waals surface area (Å²) in [5, 5.41) is 3.21. The number of H-pyrrole nitrogens is 1. The van der Waals surface area contributed by atoms with Crippen LogP contribution in [0.3, 0.4) is 0 Å². The lowest BCUT2D eigenvalue weighted by Gasteiger charge is -2.07. The third-order valence-corrected chi connectivity index (χ3v) is 2.98. The Morgan fingerprint density at radius 1 is 1.19 bits per heavy atom. The van der Waals surface area contributed by atoms with Crippen LogP contribution >= 0.6 is 0 Å². The molecule has 0 unspecified atom stereocenters. The van der Waals surface area contributed by atoms with Crippen molar-refractivity contribution in [3.8, 4) is 0 Å². The highest BCUT2D eigenvalue weighted by atomic mass is 19.1. The molecule has 3 aromatic rings. The van der Waals surface area contributed by atoms with Crippen LogP contribution in [-0.4, -0.2) is 15.9 Å². The fraction of sp³-hybridized carbons (Fsp3) is 0. The van der Waals surface area contributed by atoms with Crippen molar-refractivity contribution in [3.05, 3.63) is 70.5 Å². The van der Waals surface area contributed by atoms with Crippen molar-refractivity contribution in [2.24, 2.45) is 0 Å². The molecule has 6 heteroatoms. The number of benzene rings is 1. The number of carbonyl (C=O) groups excluding carboxylic acids is 1. The highest BCUT2D eigenvalue weighted by Crippen LogP contribution is 2.16. The molecule has 1 aromatic carbocycles. The molecule has 0 spiro atoms. The third kappa shape index (κ3) is 2.64. The molecule has 1 amide bonds. The Hall–Kier alpha value is -3.02. The van der Waals surface area contributed by atoms with Gasteiger partial charge in [0, 0.05) is 17.0 Å². The standard InChI is InChI=1S/C15H10FN3O2/c16-13-6-5-9(8-17-13)18-15(21)11-7-14(20)19-12-4-2-1-3-10(11)12/h1-8H,(H,18,21)(H,19,20). The van der Waals surface area contributed by atoms with Gasteiger partial charge in [0.2, 0.25) is 11.5 Å². The minimum Gasteiger partial charge on any atom is -0.322 e. The Balaban J connectivity index is 2.01. The number of para-hydroxylation sites is 1. The van der Waals surface area contributed by atoms with E-state index in [9.17, 15) is 14.0 Å². The number of amides is 1. The number of rotatable bonds is 2. The zero-order valence-electron chi connectivity index (χ0n) is 10.8. The Kier molecular flexibility index (Phi) is 3.19. The van der Waals surface area contributed by atoms with Gasteiger partial charge in [-0.05, 0) is 18.2 Å². The molecular weight excluding hydrogens is 273 g/mol. The van der Waals surface area contributed by atoms with Gasteiger partial charge in [-0.1, -0.05) is 18.2 Å². The van der Waals surface area contributed by atoms with Gasteiger partial charge in [-0.2, -0.15) is 4.39 Å². The van der Waals surface area contributed by atoms with Crippen LogP contribution in [0.5, 0.6) is 0 Å². The number of pyridine rings is 2. The maximum Gasteiger partial charge on any atom is 0.256 e. The van der Waals surface area contributed by atoms with Gasteiger partial charge in [0.25, 0.3) is 5.91 Å². The molecule has 2 heterocycles. The second-order valence-corrected chi connectivity index (χ2v) is 4.42. The van der Waals surface area contributed by atoms with Gasteiger partial charge in [0.15, 0.2) is 0 Å². The summed E-state index contributed by atoms with van der Waals surface area (Å²) < 4.78 is 12.7. The van der Waals surface area contributed by atoms with Crippen molar-refractivity contribution >= 4 is 22.5 Å². The topological polar surface area (TPSA) is 74.8 Å². The van der Waals surface area contributed by atoms with Gasteiger partial charge in [-0.25, -0.2) is 4.98 Å². The van der Waals surface area contributed by atoms with Crippen LogP contribution < -0.4 is 10.9 Å². The van der Waals surface area contributed by atoms with E-state index in [0.29, 0.717) is 16.6 Å². The average molecular weight is 283 g/mol. The molecule has 5 nitrogen and oxygen atoms in total. The summed E-state index contributed by atoms with van der Waals surface area (Å²) in [6, 6.07) is 10.8. The molecule has 0 aliphatic heterocycles. The second kappa shape index (κ2) is 5.16. The number of carbonyl (C=O) groups is 1. The highest BCUT2D eigenvalue weighted by molar-refractivity contribution is 6.12. The number of nitrogens with one attached hydrogen (secondary N) is 2. The predicted molar refractivity (Wildman–Crippen MR) is 76.7 cm³/mol. The first-order valence-corrected chi connectivity index (χ1v) is 6.18. The zero-order valence-corrected chi connectivity index (χ0v) is 10.8. The van der Waals surface area contributed by atoms with E-state index in [1.165, 1.54) is 18.3 Å². The number of hydrogen-bond acceptors (Lipinski definition) is 3. The predicted octanol–water partition coefficient (Wildman–Crippen LogP) is 2.31. The zero-order chi connectivity index (χ0) is 14.8. The first kappa shape index (κ1) is 13.0. The van der Waals surface area contributed by atoms with Crippen LogP contribution in [0.1, 0.15) is 10.4 Å². The van der Waals surface area contributed by atoms with Crippen LogP contribution in [0.4, 0.5) is 10.1 Å². The molecule has 3 rings (SSSR count). The number of aromatic nitrogens is 2. The van der Waals surface area contributed by atoms with Crippen LogP contribution in [0.25, 0.3) is 10.9 Å². The van der Waals surface area contributed by atoms with Gasteiger partial charge >= 0.3 is 0 Å². The summed E-state index contributed by atoms with van der Waals surface area (Å²) in [7, 11) is 0. The molecule has 21 heavy (non-hydrogen) atoms. The first-order valence-electron chi connectivity index (χ1n) is 6.18. The Labute approximate surface area is 118 Å². The molecule has 2 aromatic heterocycles. The van der Waals surface area contributed by atoms with Crippen molar-refractivity contribution < 1.29 is 9.18 Å². The summed E-state index contributed by atoms with van der Waals surface area (Å²) in [6.07, 6.45) is 1.21. The van der Waals surface area contributed by atoms with E-state index in [-0.39, 0.29) is 11.1 Å². The summed E-state index contributed by atoms with van der Waals surface area (Å²) in [5.41, 5.74) is 0.813. The first-order chi connectivity index (χ1) is 10.1. The van der Waals surface area contributed by atoms with Crippen LogP contribution in [-0.2, 0) is 0 Å². The monoisotopic (exact) mass is 283 g/mol. The van der Waals surface area contributed by atoms with E-state index in [2.05, 4.69) is 15.3 Å². The molecule has 104 valence electrons. The fourth-order valence-corrected chi connectivity index (χ4v) is 2.04. The quantitative estimate of drug-likeness (QED) is 0.709. The number of nitrogens with zero attached hydrogens (tertiary/aromatic N) is 1. The minimum atomic E-state index is -0.630. The molecule has 2 N–H and O–H groups in total. The third-order valence-electron chi connectivity index (χ3n) is 2.98. The van der Waals surface area contributed by atoms with Gasteiger partial charge in [0.1, 0.15) is 0 Å². The summed E-state index contributed by atoms with van der Waals surface area (Å²) in [5.74, 6) is -1.08.